The zero-order valence-corrected chi connectivity index (χ0v) is 12.7. The molecule has 0 saturated heterocycles. The third kappa shape index (κ3) is 2.41. The fraction of sp³-hybridized carbons (Fsp3) is 0.176. The van der Waals surface area contributed by atoms with E-state index < -0.39 is 0 Å². The molecule has 0 aliphatic carbocycles. The van der Waals surface area contributed by atoms with Gasteiger partial charge in [-0.3, -0.25) is 4.79 Å². The van der Waals surface area contributed by atoms with Crippen molar-refractivity contribution in [2.45, 2.75) is 13.8 Å². The highest BCUT2D eigenvalue weighted by Gasteiger charge is 2.12. The van der Waals surface area contributed by atoms with E-state index in [1.54, 1.807) is 25.6 Å². The first-order chi connectivity index (χ1) is 10.6. The maximum absolute atomic E-state index is 12.4. The Morgan fingerprint density at radius 1 is 1.18 bits per heavy atom. The summed E-state index contributed by atoms with van der Waals surface area (Å²) in [6.07, 6.45) is 1.61. The lowest BCUT2D eigenvalue weighted by Gasteiger charge is -2.13. The lowest BCUT2D eigenvalue weighted by atomic mass is 10.1. The molecule has 0 aliphatic rings. The van der Waals surface area contributed by atoms with Crippen molar-refractivity contribution in [2.24, 2.45) is 0 Å². The Kier molecular flexibility index (Phi) is 3.55. The summed E-state index contributed by atoms with van der Waals surface area (Å²) in [6.45, 7) is 3.94. The summed E-state index contributed by atoms with van der Waals surface area (Å²) >= 11 is 0. The largest absolute Gasteiger partial charge is 0.496 e. The number of aromatic amines is 1. The molecular weight excluding hydrogens is 278 g/mol. The van der Waals surface area contributed by atoms with Gasteiger partial charge in [-0.2, -0.15) is 0 Å². The highest BCUT2D eigenvalue weighted by Crippen LogP contribution is 2.27. The number of rotatable bonds is 3. The Hall–Kier alpha value is -2.82. The van der Waals surface area contributed by atoms with Crippen molar-refractivity contribution in [2.75, 3.05) is 12.4 Å². The average molecular weight is 295 g/mol. The number of carbonyl (C=O) groups excluding carboxylic acids is 1. The van der Waals surface area contributed by atoms with Gasteiger partial charge in [0.05, 0.1) is 24.5 Å². The molecule has 2 N–H and O–H groups in total. The molecule has 3 rings (SSSR count). The van der Waals surface area contributed by atoms with Gasteiger partial charge in [0.25, 0.3) is 5.91 Å². The highest BCUT2D eigenvalue weighted by atomic mass is 16.5. The summed E-state index contributed by atoms with van der Waals surface area (Å²) in [5, 5.41) is 2.95. The van der Waals surface area contributed by atoms with E-state index in [1.165, 1.54) is 0 Å². The van der Waals surface area contributed by atoms with Crippen molar-refractivity contribution < 1.29 is 9.53 Å². The number of hydrogen-bond donors (Lipinski definition) is 2. The minimum Gasteiger partial charge on any atom is -0.496 e. The van der Waals surface area contributed by atoms with Crippen LogP contribution in [0.25, 0.3) is 11.0 Å². The SMILES string of the molecule is COc1ccc(NC(=O)c2ccc3nc[nH]c3c2)c(C)c1C. The number of methoxy groups -OCH3 is 1. The van der Waals surface area contributed by atoms with Crippen molar-refractivity contribution in [1.29, 1.82) is 0 Å². The number of H-pyrrole nitrogens is 1. The topological polar surface area (TPSA) is 67.0 Å². The zero-order valence-electron chi connectivity index (χ0n) is 12.7. The molecular formula is C17H17N3O2. The second kappa shape index (κ2) is 5.52. The molecule has 5 nitrogen and oxygen atoms in total. The number of fused-ring (bicyclic) bond motifs is 1. The van der Waals surface area contributed by atoms with Crippen molar-refractivity contribution in [3.63, 3.8) is 0 Å². The van der Waals surface area contributed by atoms with Crippen LogP contribution in [0, 0.1) is 13.8 Å². The van der Waals surface area contributed by atoms with Gasteiger partial charge >= 0.3 is 0 Å². The summed E-state index contributed by atoms with van der Waals surface area (Å²) in [4.78, 5) is 19.6. The van der Waals surface area contributed by atoms with Crippen LogP contribution in [0.5, 0.6) is 5.75 Å². The van der Waals surface area contributed by atoms with Crippen molar-refractivity contribution in [3.8, 4) is 5.75 Å². The molecule has 0 aliphatic heterocycles. The van der Waals surface area contributed by atoms with E-state index in [0.29, 0.717) is 5.56 Å². The summed E-state index contributed by atoms with van der Waals surface area (Å²) in [5.41, 5.74) is 5.07. The Bertz CT molecular complexity index is 852. The predicted molar refractivity (Wildman–Crippen MR) is 86.5 cm³/mol. The number of nitrogens with zero attached hydrogens (tertiary/aromatic N) is 1. The number of imidazole rings is 1. The van der Waals surface area contributed by atoms with Crippen molar-refractivity contribution >= 4 is 22.6 Å². The van der Waals surface area contributed by atoms with Gasteiger partial charge in [0.1, 0.15) is 5.75 Å². The number of carbonyl (C=O) groups is 1. The van der Waals surface area contributed by atoms with E-state index in [1.807, 2.05) is 32.0 Å². The molecule has 0 spiro atoms. The van der Waals surface area contributed by atoms with Crippen molar-refractivity contribution in [3.05, 3.63) is 53.3 Å². The quantitative estimate of drug-likeness (QED) is 0.777. The molecule has 112 valence electrons. The number of amides is 1. The van der Waals surface area contributed by atoms with Gasteiger partial charge in [-0.25, -0.2) is 4.98 Å². The summed E-state index contributed by atoms with van der Waals surface area (Å²) in [5.74, 6) is 0.665. The maximum atomic E-state index is 12.4. The van der Waals surface area contributed by atoms with Crippen LogP contribution in [-0.4, -0.2) is 23.0 Å². The molecule has 3 aromatic rings. The van der Waals surface area contributed by atoms with E-state index >= 15 is 0 Å². The minimum atomic E-state index is -0.149. The van der Waals surface area contributed by atoms with Gasteiger partial charge in [-0.15, -0.1) is 0 Å². The number of benzene rings is 2. The van der Waals surface area contributed by atoms with Gasteiger partial charge in [-0.05, 0) is 55.3 Å². The van der Waals surface area contributed by atoms with E-state index in [2.05, 4.69) is 15.3 Å². The van der Waals surface area contributed by atoms with Crippen LogP contribution in [0.4, 0.5) is 5.69 Å². The van der Waals surface area contributed by atoms with Gasteiger partial charge < -0.3 is 15.0 Å². The summed E-state index contributed by atoms with van der Waals surface area (Å²) in [7, 11) is 1.64. The van der Waals surface area contributed by atoms with Gasteiger partial charge in [-0.1, -0.05) is 0 Å². The number of ether oxygens (including phenoxy) is 1. The Morgan fingerprint density at radius 2 is 2.00 bits per heavy atom. The molecule has 0 radical (unpaired) electrons. The van der Waals surface area contributed by atoms with Gasteiger partial charge in [0.2, 0.25) is 0 Å². The van der Waals surface area contributed by atoms with E-state index in [9.17, 15) is 4.79 Å². The van der Waals surface area contributed by atoms with E-state index in [4.69, 9.17) is 4.74 Å². The average Bonchev–Trinajstić information content (AvgIpc) is 2.99. The molecule has 0 bridgehead atoms. The molecule has 0 atom stereocenters. The van der Waals surface area contributed by atoms with E-state index in [0.717, 1.165) is 33.6 Å². The van der Waals surface area contributed by atoms with Gasteiger partial charge in [0, 0.05) is 11.3 Å². The van der Waals surface area contributed by atoms with Gasteiger partial charge in [0.15, 0.2) is 0 Å². The van der Waals surface area contributed by atoms with Crippen LogP contribution < -0.4 is 10.1 Å². The lowest BCUT2D eigenvalue weighted by molar-refractivity contribution is 0.102. The zero-order chi connectivity index (χ0) is 15.7. The fourth-order valence-corrected chi connectivity index (χ4v) is 2.42. The predicted octanol–water partition coefficient (Wildman–Crippen LogP) is 3.44. The number of aromatic nitrogens is 2. The Morgan fingerprint density at radius 3 is 2.77 bits per heavy atom. The third-order valence-corrected chi connectivity index (χ3v) is 3.89. The lowest BCUT2D eigenvalue weighted by Crippen LogP contribution is -2.13. The van der Waals surface area contributed by atoms with Crippen LogP contribution in [0.2, 0.25) is 0 Å². The second-order valence-corrected chi connectivity index (χ2v) is 5.15. The number of nitrogens with one attached hydrogen (secondary N) is 2. The molecule has 0 saturated carbocycles. The number of hydrogen-bond acceptors (Lipinski definition) is 3. The molecule has 5 heteroatoms. The van der Waals surface area contributed by atoms with Crippen LogP contribution in [-0.2, 0) is 0 Å². The second-order valence-electron chi connectivity index (χ2n) is 5.15. The molecule has 22 heavy (non-hydrogen) atoms. The first-order valence-corrected chi connectivity index (χ1v) is 6.99. The highest BCUT2D eigenvalue weighted by molar-refractivity contribution is 6.06. The summed E-state index contributed by atoms with van der Waals surface area (Å²) < 4.78 is 5.29. The van der Waals surface area contributed by atoms with Crippen LogP contribution >= 0.6 is 0 Å². The van der Waals surface area contributed by atoms with Crippen LogP contribution in [0.15, 0.2) is 36.7 Å². The van der Waals surface area contributed by atoms with Crippen LogP contribution in [0.1, 0.15) is 21.5 Å². The molecule has 1 amide bonds. The molecule has 2 aromatic carbocycles. The Balaban J connectivity index is 1.89. The van der Waals surface area contributed by atoms with E-state index in [-0.39, 0.29) is 5.91 Å². The molecule has 1 aromatic heterocycles. The third-order valence-electron chi connectivity index (χ3n) is 3.89. The van der Waals surface area contributed by atoms with Crippen LogP contribution in [0.3, 0.4) is 0 Å². The standard InChI is InChI=1S/C17H17N3O2/c1-10-11(2)16(22-3)7-6-13(10)20-17(21)12-4-5-14-15(8-12)19-9-18-14/h4-9H,1-3H3,(H,18,19)(H,20,21). The van der Waals surface area contributed by atoms with Crippen molar-refractivity contribution in [1.82, 2.24) is 9.97 Å². The number of anilines is 1. The molecule has 1 heterocycles. The minimum absolute atomic E-state index is 0.149. The molecule has 0 unspecified atom stereocenters. The molecule has 0 fully saturated rings. The Labute approximate surface area is 128 Å². The monoisotopic (exact) mass is 295 g/mol. The first-order valence-electron chi connectivity index (χ1n) is 6.99. The maximum Gasteiger partial charge on any atom is 0.255 e. The normalized spacial score (nSPS) is 10.7. The summed E-state index contributed by atoms with van der Waals surface area (Å²) in [6, 6.07) is 9.10. The first kappa shape index (κ1) is 14.1. The smallest absolute Gasteiger partial charge is 0.255 e. The fourth-order valence-electron chi connectivity index (χ4n) is 2.42.